The van der Waals surface area contributed by atoms with Gasteiger partial charge >= 0.3 is 0 Å². The molecular weight excluding hydrogens is 354 g/mol. The van der Waals surface area contributed by atoms with Crippen molar-refractivity contribution in [3.05, 3.63) is 47.1 Å². The van der Waals surface area contributed by atoms with E-state index in [9.17, 15) is 9.59 Å². The molecule has 1 aliphatic rings. The quantitative estimate of drug-likeness (QED) is 0.839. The van der Waals surface area contributed by atoms with Gasteiger partial charge in [-0.25, -0.2) is 4.68 Å². The van der Waals surface area contributed by atoms with Crippen LogP contribution in [-0.4, -0.2) is 53.2 Å². The molecule has 1 aromatic heterocycles. The summed E-state index contributed by atoms with van der Waals surface area (Å²) in [6.45, 7) is 2.05. The Hall–Kier alpha value is -2.38. The molecule has 0 bridgehead atoms. The zero-order valence-corrected chi connectivity index (χ0v) is 15.4. The lowest BCUT2D eigenvalue weighted by molar-refractivity contribution is -0.122. The number of benzene rings is 1. The van der Waals surface area contributed by atoms with Gasteiger partial charge in [0.25, 0.3) is 5.91 Å². The largest absolute Gasteiger partial charge is 0.358 e. The molecule has 138 valence electrons. The number of piperidine rings is 1. The number of amides is 2. The topological polar surface area (TPSA) is 79.3 Å². The maximum atomic E-state index is 12.5. The number of nitrogens with one attached hydrogen (secondary N) is 2. The molecule has 2 heterocycles. The molecule has 0 radical (unpaired) electrons. The van der Waals surface area contributed by atoms with E-state index in [1.54, 1.807) is 43.6 Å². The highest BCUT2D eigenvalue weighted by atomic mass is 35.5. The Morgan fingerprint density at radius 1 is 1.23 bits per heavy atom. The van der Waals surface area contributed by atoms with E-state index in [1.807, 2.05) is 4.68 Å². The lowest BCUT2D eigenvalue weighted by atomic mass is 10.1. The van der Waals surface area contributed by atoms with Crippen LogP contribution in [0.25, 0.3) is 0 Å². The van der Waals surface area contributed by atoms with Crippen LogP contribution in [0.4, 0.5) is 5.82 Å². The first-order valence-corrected chi connectivity index (χ1v) is 8.98. The summed E-state index contributed by atoms with van der Waals surface area (Å²) in [6.07, 6.45) is 3.42. The summed E-state index contributed by atoms with van der Waals surface area (Å²) >= 11 is 6.10. The predicted octanol–water partition coefficient (Wildman–Crippen LogP) is 2.17. The number of carbonyl (C=O) groups is 2. The van der Waals surface area contributed by atoms with Crippen LogP contribution in [-0.2, 0) is 4.79 Å². The zero-order valence-electron chi connectivity index (χ0n) is 14.6. The van der Waals surface area contributed by atoms with Gasteiger partial charge in [-0.05, 0) is 25.0 Å². The second kappa shape index (κ2) is 8.33. The van der Waals surface area contributed by atoms with E-state index < -0.39 is 0 Å². The highest BCUT2D eigenvalue weighted by molar-refractivity contribution is 6.34. The van der Waals surface area contributed by atoms with Crippen molar-refractivity contribution < 1.29 is 9.59 Å². The van der Waals surface area contributed by atoms with Crippen LogP contribution in [0.2, 0.25) is 5.02 Å². The summed E-state index contributed by atoms with van der Waals surface area (Å²) in [4.78, 5) is 26.1. The van der Waals surface area contributed by atoms with Crippen LogP contribution >= 0.6 is 11.6 Å². The van der Waals surface area contributed by atoms with E-state index in [2.05, 4.69) is 20.6 Å². The van der Waals surface area contributed by atoms with Gasteiger partial charge in [0.15, 0.2) is 0 Å². The number of likely N-dealkylation sites (N-methyl/N-ethyl adjacent to an activating group) is 1. The molecule has 8 heteroatoms. The van der Waals surface area contributed by atoms with Gasteiger partial charge < -0.3 is 10.6 Å². The van der Waals surface area contributed by atoms with Crippen molar-refractivity contribution in [2.24, 2.45) is 0 Å². The number of nitrogens with zero attached hydrogens (tertiary/aromatic N) is 3. The Balaban J connectivity index is 1.64. The summed E-state index contributed by atoms with van der Waals surface area (Å²) in [6, 6.07) is 8.92. The molecular formula is C18H22ClN5O2. The molecule has 3 rings (SSSR count). The number of halogens is 1. The predicted molar refractivity (Wildman–Crippen MR) is 100 cm³/mol. The van der Waals surface area contributed by atoms with Crippen LogP contribution in [0.5, 0.6) is 0 Å². The Labute approximate surface area is 157 Å². The molecule has 0 unspecified atom stereocenters. The molecule has 2 aromatic rings. The smallest absolute Gasteiger partial charge is 0.258 e. The molecule has 1 saturated heterocycles. The Kier molecular flexibility index (Phi) is 5.90. The molecule has 0 atom stereocenters. The van der Waals surface area contributed by atoms with Crippen LogP contribution in [0.15, 0.2) is 36.5 Å². The van der Waals surface area contributed by atoms with Crippen LogP contribution in [0.1, 0.15) is 29.2 Å². The number of anilines is 1. The third-order valence-electron chi connectivity index (χ3n) is 4.58. The molecule has 1 aromatic carbocycles. The van der Waals surface area contributed by atoms with Crippen molar-refractivity contribution >= 4 is 29.2 Å². The standard InChI is InChI=1S/C18H22ClN5O2/c1-20-17(25)12-23-10-7-13(8-11-23)24-16(6-9-21-24)22-18(26)14-4-2-3-5-15(14)19/h2-6,9,13H,7-8,10-12H2,1H3,(H,20,25)(H,22,26). The number of carbonyl (C=O) groups excluding carboxylic acids is 2. The van der Waals surface area contributed by atoms with Crippen molar-refractivity contribution in [2.75, 3.05) is 32.0 Å². The van der Waals surface area contributed by atoms with E-state index in [0.29, 0.717) is 22.9 Å². The van der Waals surface area contributed by atoms with Gasteiger partial charge in [-0.1, -0.05) is 23.7 Å². The van der Waals surface area contributed by atoms with Crippen molar-refractivity contribution in [1.82, 2.24) is 20.0 Å². The minimum absolute atomic E-state index is 0.0234. The third kappa shape index (κ3) is 4.23. The summed E-state index contributed by atoms with van der Waals surface area (Å²) in [5, 5.41) is 10.3. The second-order valence-corrected chi connectivity index (χ2v) is 6.68. The first kappa shape index (κ1) is 18.4. The van der Waals surface area contributed by atoms with E-state index in [4.69, 9.17) is 11.6 Å². The van der Waals surface area contributed by atoms with E-state index in [0.717, 1.165) is 25.9 Å². The summed E-state index contributed by atoms with van der Waals surface area (Å²) < 4.78 is 1.85. The molecule has 0 saturated carbocycles. The van der Waals surface area contributed by atoms with Crippen molar-refractivity contribution in [2.45, 2.75) is 18.9 Å². The van der Waals surface area contributed by atoms with Gasteiger partial charge in [0, 0.05) is 26.2 Å². The van der Waals surface area contributed by atoms with Crippen LogP contribution in [0.3, 0.4) is 0 Å². The first-order chi connectivity index (χ1) is 12.6. The van der Waals surface area contributed by atoms with Crippen LogP contribution in [0, 0.1) is 0 Å². The van der Waals surface area contributed by atoms with Gasteiger partial charge in [-0.2, -0.15) is 5.10 Å². The molecule has 0 spiro atoms. The molecule has 1 aliphatic heterocycles. The van der Waals surface area contributed by atoms with Gasteiger partial charge in [0.05, 0.1) is 29.4 Å². The number of hydrogen-bond acceptors (Lipinski definition) is 4. The minimum atomic E-state index is -0.255. The van der Waals surface area contributed by atoms with Gasteiger partial charge in [0.1, 0.15) is 5.82 Å². The molecule has 0 aliphatic carbocycles. The molecule has 1 fully saturated rings. The average molecular weight is 376 g/mol. The number of rotatable bonds is 5. The Morgan fingerprint density at radius 2 is 1.96 bits per heavy atom. The number of likely N-dealkylation sites (tertiary alicyclic amines) is 1. The van der Waals surface area contributed by atoms with E-state index in [-0.39, 0.29) is 17.9 Å². The lowest BCUT2D eigenvalue weighted by Crippen LogP contribution is -2.41. The van der Waals surface area contributed by atoms with E-state index in [1.165, 1.54) is 0 Å². The van der Waals surface area contributed by atoms with E-state index >= 15 is 0 Å². The summed E-state index contributed by atoms with van der Waals surface area (Å²) in [5.74, 6) is 0.421. The Bertz CT molecular complexity index is 783. The highest BCUT2D eigenvalue weighted by Crippen LogP contribution is 2.26. The van der Waals surface area contributed by atoms with Crippen LogP contribution < -0.4 is 10.6 Å². The third-order valence-corrected chi connectivity index (χ3v) is 4.91. The molecule has 7 nitrogen and oxygen atoms in total. The highest BCUT2D eigenvalue weighted by Gasteiger charge is 2.24. The fourth-order valence-electron chi connectivity index (χ4n) is 3.14. The summed E-state index contributed by atoms with van der Waals surface area (Å²) in [5.41, 5.74) is 0.433. The Morgan fingerprint density at radius 3 is 2.65 bits per heavy atom. The maximum absolute atomic E-state index is 12.5. The average Bonchev–Trinajstić information content (AvgIpc) is 3.10. The maximum Gasteiger partial charge on any atom is 0.258 e. The van der Waals surface area contributed by atoms with Crippen molar-refractivity contribution in [1.29, 1.82) is 0 Å². The zero-order chi connectivity index (χ0) is 18.5. The lowest BCUT2D eigenvalue weighted by Gasteiger charge is -2.32. The molecule has 26 heavy (non-hydrogen) atoms. The van der Waals surface area contributed by atoms with Crippen molar-refractivity contribution in [3.8, 4) is 0 Å². The fourth-order valence-corrected chi connectivity index (χ4v) is 3.36. The number of hydrogen-bond donors (Lipinski definition) is 2. The monoisotopic (exact) mass is 375 g/mol. The SMILES string of the molecule is CNC(=O)CN1CCC(n2nccc2NC(=O)c2ccccc2Cl)CC1. The van der Waals surface area contributed by atoms with Gasteiger partial charge in [0.2, 0.25) is 5.91 Å². The van der Waals surface area contributed by atoms with Gasteiger partial charge in [-0.3, -0.25) is 14.5 Å². The molecule has 2 amide bonds. The van der Waals surface area contributed by atoms with Crippen molar-refractivity contribution in [3.63, 3.8) is 0 Å². The minimum Gasteiger partial charge on any atom is -0.358 e. The summed E-state index contributed by atoms with van der Waals surface area (Å²) in [7, 11) is 1.65. The second-order valence-electron chi connectivity index (χ2n) is 6.28. The molecule has 2 N–H and O–H groups in total. The fraction of sp³-hybridized carbons (Fsp3) is 0.389. The van der Waals surface area contributed by atoms with Gasteiger partial charge in [-0.15, -0.1) is 0 Å². The first-order valence-electron chi connectivity index (χ1n) is 8.61. The normalized spacial score (nSPS) is 15.6. The number of aromatic nitrogens is 2.